The molecule has 1 saturated carbocycles. The third-order valence-electron chi connectivity index (χ3n) is 5.23. The van der Waals surface area contributed by atoms with E-state index in [1.165, 1.54) is 25.9 Å². The van der Waals surface area contributed by atoms with Gasteiger partial charge in [0, 0.05) is 19.3 Å². The average molecular weight is 332 g/mol. The topological polar surface area (TPSA) is 53.0 Å². The minimum absolute atomic E-state index is 0.00250. The Morgan fingerprint density at radius 2 is 1.92 bits per heavy atom. The Balaban J connectivity index is 1.50. The number of rotatable bonds is 6. The van der Waals surface area contributed by atoms with Gasteiger partial charge in [0.05, 0.1) is 12.0 Å². The number of ether oxygens (including phenoxy) is 1. The fourth-order valence-electron chi connectivity index (χ4n) is 3.67. The molecule has 3 rings (SSSR count). The number of likely N-dealkylation sites (tertiary alicyclic amines) is 1. The normalized spacial score (nSPS) is 24.2. The maximum atomic E-state index is 12.5. The van der Waals surface area contributed by atoms with Gasteiger partial charge in [-0.15, -0.1) is 0 Å². The third kappa shape index (κ3) is 4.08. The lowest BCUT2D eigenvalue weighted by Gasteiger charge is -2.23. The van der Waals surface area contributed by atoms with Crippen LogP contribution in [-0.4, -0.2) is 55.3 Å². The van der Waals surface area contributed by atoms with Gasteiger partial charge in [-0.2, -0.15) is 0 Å². The lowest BCUT2D eigenvalue weighted by molar-refractivity contribution is -0.124. The van der Waals surface area contributed by atoms with Crippen LogP contribution in [0.1, 0.15) is 32.1 Å². The Morgan fingerprint density at radius 1 is 1.21 bits per heavy atom. The third-order valence-corrected chi connectivity index (χ3v) is 5.23. The van der Waals surface area contributed by atoms with Crippen LogP contribution in [0.3, 0.4) is 0 Å². The van der Waals surface area contributed by atoms with Gasteiger partial charge in [-0.25, -0.2) is 0 Å². The van der Waals surface area contributed by atoms with Crippen molar-refractivity contribution in [2.45, 2.75) is 38.2 Å². The highest BCUT2D eigenvalue weighted by Gasteiger charge is 2.33. The summed E-state index contributed by atoms with van der Waals surface area (Å²) in [6.07, 6.45) is 4.54. The molecule has 132 valence electrons. The van der Waals surface area contributed by atoms with E-state index in [4.69, 9.17) is 4.74 Å². The Hall–Kier alpha value is -1.59. The van der Waals surface area contributed by atoms with E-state index in [1.54, 1.807) is 11.9 Å². The van der Waals surface area contributed by atoms with Crippen LogP contribution < -0.4 is 9.64 Å². The number of benzene rings is 1. The molecule has 2 unspecified atom stereocenters. The second-order valence-electron chi connectivity index (χ2n) is 6.89. The molecule has 1 aromatic rings. The summed E-state index contributed by atoms with van der Waals surface area (Å²) in [4.78, 5) is 16.6. The summed E-state index contributed by atoms with van der Waals surface area (Å²) in [7, 11) is 1.77. The van der Waals surface area contributed by atoms with Crippen molar-refractivity contribution in [3.8, 4) is 5.75 Å². The van der Waals surface area contributed by atoms with E-state index in [1.807, 2.05) is 24.3 Å². The molecule has 1 aliphatic heterocycles. The number of anilines is 1. The van der Waals surface area contributed by atoms with E-state index in [9.17, 15) is 9.90 Å². The highest BCUT2D eigenvalue weighted by atomic mass is 16.5. The first kappa shape index (κ1) is 17.2. The van der Waals surface area contributed by atoms with Crippen molar-refractivity contribution < 1.29 is 14.6 Å². The van der Waals surface area contributed by atoms with Crippen molar-refractivity contribution in [3.63, 3.8) is 0 Å². The molecule has 1 aliphatic carbocycles. The first-order chi connectivity index (χ1) is 11.6. The molecule has 1 N–H and O–H groups in total. The maximum absolute atomic E-state index is 12.5. The van der Waals surface area contributed by atoms with Gasteiger partial charge >= 0.3 is 0 Å². The maximum Gasteiger partial charge on any atom is 0.232 e. The molecule has 0 aromatic heterocycles. The molecule has 1 heterocycles. The van der Waals surface area contributed by atoms with E-state index >= 15 is 0 Å². The highest BCUT2D eigenvalue weighted by Crippen LogP contribution is 2.29. The van der Waals surface area contributed by atoms with Crippen molar-refractivity contribution in [3.05, 3.63) is 24.3 Å². The van der Waals surface area contributed by atoms with Crippen LogP contribution in [0.5, 0.6) is 5.75 Å². The fraction of sp³-hybridized carbons (Fsp3) is 0.632. The quantitative estimate of drug-likeness (QED) is 0.868. The number of amides is 1. The minimum Gasteiger partial charge on any atom is -0.492 e. The summed E-state index contributed by atoms with van der Waals surface area (Å²) in [5, 5.41) is 9.91. The smallest absolute Gasteiger partial charge is 0.232 e. The van der Waals surface area contributed by atoms with Gasteiger partial charge in [-0.05, 0) is 69.5 Å². The van der Waals surface area contributed by atoms with E-state index in [2.05, 4.69) is 4.90 Å². The van der Waals surface area contributed by atoms with Crippen molar-refractivity contribution in [2.75, 3.05) is 38.2 Å². The molecule has 2 atom stereocenters. The van der Waals surface area contributed by atoms with Crippen molar-refractivity contribution in [2.24, 2.45) is 5.92 Å². The second kappa shape index (κ2) is 7.99. The Morgan fingerprint density at radius 3 is 2.54 bits per heavy atom. The molecule has 2 aliphatic rings. The van der Waals surface area contributed by atoms with Crippen molar-refractivity contribution in [1.29, 1.82) is 0 Å². The van der Waals surface area contributed by atoms with E-state index in [0.29, 0.717) is 6.61 Å². The molecule has 5 nitrogen and oxygen atoms in total. The second-order valence-corrected chi connectivity index (χ2v) is 6.89. The summed E-state index contributed by atoms with van der Waals surface area (Å²) in [5.74, 6) is 0.578. The number of aliphatic hydroxyl groups excluding tert-OH is 1. The van der Waals surface area contributed by atoms with Gasteiger partial charge in [0.2, 0.25) is 5.91 Å². The predicted molar refractivity (Wildman–Crippen MR) is 94.4 cm³/mol. The Labute approximate surface area is 144 Å². The van der Waals surface area contributed by atoms with Crippen LogP contribution in [0.4, 0.5) is 5.69 Å². The zero-order valence-electron chi connectivity index (χ0n) is 14.5. The summed E-state index contributed by atoms with van der Waals surface area (Å²) in [6.45, 7) is 4.03. The van der Waals surface area contributed by atoms with E-state index in [0.717, 1.165) is 37.2 Å². The number of nitrogens with zero attached hydrogens (tertiary/aromatic N) is 2. The zero-order valence-corrected chi connectivity index (χ0v) is 14.5. The highest BCUT2D eigenvalue weighted by molar-refractivity contribution is 5.95. The number of hydrogen-bond donors (Lipinski definition) is 1. The van der Waals surface area contributed by atoms with Crippen LogP contribution in [0, 0.1) is 5.92 Å². The standard InChI is InChI=1S/C19H28N2O3/c1-20(19(23)17-5-4-6-18(17)22)15-7-9-16(10-8-15)24-14-13-21-11-2-3-12-21/h7-10,17-18,22H,2-6,11-14H2,1H3. The van der Waals surface area contributed by atoms with Crippen molar-refractivity contribution in [1.82, 2.24) is 4.90 Å². The molecule has 1 amide bonds. The minimum atomic E-state index is -0.492. The molecule has 0 bridgehead atoms. The SMILES string of the molecule is CN(C(=O)C1CCCC1O)c1ccc(OCCN2CCCC2)cc1. The molecule has 24 heavy (non-hydrogen) atoms. The van der Waals surface area contributed by atoms with Gasteiger partial charge in [0.1, 0.15) is 12.4 Å². The van der Waals surface area contributed by atoms with Gasteiger partial charge in [0.25, 0.3) is 0 Å². The molecule has 0 radical (unpaired) electrons. The Bertz CT molecular complexity index is 540. The molecule has 5 heteroatoms. The zero-order chi connectivity index (χ0) is 16.9. The molecule has 2 fully saturated rings. The number of carbonyl (C=O) groups excluding carboxylic acids is 1. The molecular formula is C19H28N2O3. The summed E-state index contributed by atoms with van der Waals surface area (Å²) in [6, 6.07) is 7.64. The van der Waals surface area contributed by atoms with Crippen LogP contribution in [0.2, 0.25) is 0 Å². The van der Waals surface area contributed by atoms with Gasteiger partial charge < -0.3 is 14.7 Å². The van der Waals surface area contributed by atoms with Crippen molar-refractivity contribution >= 4 is 11.6 Å². The number of aliphatic hydroxyl groups is 1. The summed E-state index contributed by atoms with van der Waals surface area (Å²) < 4.78 is 5.79. The lowest BCUT2D eigenvalue weighted by Crippen LogP contribution is -2.36. The largest absolute Gasteiger partial charge is 0.492 e. The van der Waals surface area contributed by atoms with Gasteiger partial charge in [0.15, 0.2) is 0 Å². The van der Waals surface area contributed by atoms with Crippen LogP contribution in [0.25, 0.3) is 0 Å². The number of hydrogen-bond acceptors (Lipinski definition) is 4. The summed E-state index contributed by atoms with van der Waals surface area (Å²) in [5.41, 5.74) is 0.839. The Kier molecular flexibility index (Phi) is 5.74. The number of carbonyl (C=O) groups is 1. The molecule has 1 aromatic carbocycles. The average Bonchev–Trinajstić information content (AvgIpc) is 3.26. The monoisotopic (exact) mass is 332 g/mol. The van der Waals surface area contributed by atoms with E-state index in [-0.39, 0.29) is 11.8 Å². The van der Waals surface area contributed by atoms with Crippen LogP contribution in [0.15, 0.2) is 24.3 Å². The summed E-state index contributed by atoms with van der Waals surface area (Å²) >= 11 is 0. The molecule has 0 spiro atoms. The molecular weight excluding hydrogens is 304 g/mol. The predicted octanol–water partition coefficient (Wildman–Crippen LogP) is 2.29. The van der Waals surface area contributed by atoms with Gasteiger partial charge in [-0.1, -0.05) is 0 Å². The van der Waals surface area contributed by atoms with Crippen LogP contribution in [-0.2, 0) is 4.79 Å². The molecule has 1 saturated heterocycles. The first-order valence-electron chi connectivity index (χ1n) is 9.06. The fourth-order valence-corrected chi connectivity index (χ4v) is 3.67. The van der Waals surface area contributed by atoms with E-state index < -0.39 is 6.10 Å². The first-order valence-corrected chi connectivity index (χ1v) is 9.06. The lowest BCUT2D eigenvalue weighted by atomic mass is 10.0. The van der Waals surface area contributed by atoms with Gasteiger partial charge in [-0.3, -0.25) is 9.69 Å². The van der Waals surface area contributed by atoms with Crippen LogP contribution >= 0.6 is 0 Å².